The van der Waals surface area contributed by atoms with Gasteiger partial charge in [0.25, 0.3) is 5.91 Å². The molecule has 0 unspecified atom stereocenters. The molecule has 0 saturated heterocycles. The number of carbonyl (C=O) groups excluding carboxylic acids is 1. The van der Waals surface area contributed by atoms with Gasteiger partial charge in [0.15, 0.2) is 0 Å². The smallest absolute Gasteiger partial charge is 0.262 e. The van der Waals surface area contributed by atoms with Crippen LogP contribution in [0.4, 0.5) is 11.4 Å². The molecule has 27 heavy (non-hydrogen) atoms. The number of hydrogen-bond acceptors (Lipinski definition) is 5. The van der Waals surface area contributed by atoms with E-state index in [1.165, 1.54) is 0 Å². The molecule has 0 fully saturated rings. The summed E-state index contributed by atoms with van der Waals surface area (Å²) in [6.07, 6.45) is 3.05. The maximum Gasteiger partial charge on any atom is 0.262 e. The minimum absolute atomic E-state index is 0.110. The lowest BCUT2D eigenvalue weighted by atomic mass is 10.0. The molecule has 2 aromatic carbocycles. The number of ether oxygens (including phenoxy) is 2. The van der Waals surface area contributed by atoms with E-state index >= 15 is 0 Å². The molecule has 1 aromatic heterocycles. The van der Waals surface area contributed by atoms with Crippen molar-refractivity contribution in [3.05, 3.63) is 78.1 Å². The van der Waals surface area contributed by atoms with Crippen LogP contribution in [0, 0.1) is 0 Å². The van der Waals surface area contributed by atoms with Crippen molar-refractivity contribution in [2.24, 2.45) is 0 Å². The maximum absolute atomic E-state index is 13.4. The van der Waals surface area contributed by atoms with Gasteiger partial charge >= 0.3 is 0 Å². The number of aromatic nitrogens is 1. The van der Waals surface area contributed by atoms with Gasteiger partial charge in [-0.2, -0.15) is 0 Å². The SMILES string of the molecule is COc1ccc(N2C(=O)c3ccccc3N[C@@H]2c2cccnc2)c(OC)c1. The highest BCUT2D eigenvalue weighted by atomic mass is 16.5. The molecule has 1 atom stereocenters. The molecule has 1 N–H and O–H groups in total. The van der Waals surface area contributed by atoms with Crippen LogP contribution in [-0.2, 0) is 0 Å². The molecule has 0 spiro atoms. The molecule has 6 nitrogen and oxygen atoms in total. The Morgan fingerprint density at radius 1 is 1.04 bits per heavy atom. The van der Waals surface area contributed by atoms with Gasteiger partial charge < -0.3 is 14.8 Å². The summed E-state index contributed by atoms with van der Waals surface area (Å²) in [5.74, 6) is 1.10. The Hall–Kier alpha value is -3.54. The van der Waals surface area contributed by atoms with Crippen molar-refractivity contribution in [1.82, 2.24) is 4.98 Å². The average Bonchev–Trinajstić information content (AvgIpc) is 2.74. The first-order valence-electron chi connectivity index (χ1n) is 8.54. The van der Waals surface area contributed by atoms with Crippen molar-refractivity contribution in [3.63, 3.8) is 0 Å². The highest BCUT2D eigenvalue weighted by molar-refractivity contribution is 6.12. The van der Waals surface area contributed by atoms with Crippen LogP contribution >= 0.6 is 0 Å². The number of hydrogen-bond donors (Lipinski definition) is 1. The number of carbonyl (C=O) groups is 1. The molecule has 3 aromatic rings. The number of para-hydroxylation sites is 1. The molecule has 1 aliphatic rings. The van der Waals surface area contributed by atoms with E-state index < -0.39 is 6.17 Å². The third kappa shape index (κ3) is 2.95. The summed E-state index contributed by atoms with van der Waals surface area (Å²) in [6.45, 7) is 0. The summed E-state index contributed by atoms with van der Waals surface area (Å²) < 4.78 is 10.8. The van der Waals surface area contributed by atoms with E-state index in [0.29, 0.717) is 22.7 Å². The molecular weight excluding hydrogens is 342 g/mol. The quantitative estimate of drug-likeness (QED) is 0.764. The fraction of sp³-hybridized carbons (Fsp3) is 0.143. The number of nitrogens with one attached hydrogen (secondary N) is 1. The third-order valence-corrected chi connectivity index (χ3v) is 4.57. The monoisotopic (exact) mass is 361 g/mol. The van der Waals surface area contributed by atoms with E-state index in [9.17, 15) is 4.79 Å². The van der Waals surface area contributed by atoms with Crippen molar-refractivity contribution >= 4 is 17.3 Å². The zero-order valence-electron chi connectivity index (χ0n) is 15.0. The van der Waals surface area contributed by atoms with Crippen LogP contribution < -0.4 is 19.7 Å². The predicted molar refractivity (Wildman–Crippen MR) is 103 cm³/mol. The fourth-order valence-electron chi connectivity index (χ4n) is 3.26. The number of benzene rings is 2. The first kappa shape index (κ1) is 16.9. The van der Waals surface area contributed by atoms with Crippen LogP contribution in [0.15, 0.2) is 67.0 Å². The molecule has 0 radical (unpaired) electrons. The molecule has 1 amide bonds. The first-order chi connectivity index (χ1) is 13.2. The van der Waals surface area contributed by atoms with E-state index in [2.05, 4.69) is 10.3 Å². The highest BCUT2D eigenvalue weighted by Crippen LogP contribution is 2.41. The molecule has 1 aliphatic heterocycles. The summed E-state index contributed by atoms with van der Waals surface area (Å²) in [6, 6.07) is 16.7. The van der Waals surface area contributed by atoms with Crippen LogP contribution in [0.1, 0.15) is 22.1 Å². The molecule has 2 heterocycles. The second-order valence-corrected chi connectivity index (χ2v) is 6.09. The number of anilines is 2. The van der Waals surface area contributed by atoms with E-state index in [0.717, 1.165) is 11.3 Å². The number of amides is 1. The normalized spacial score (nSPS) is 15.7. The highest BCUT2D eigenvalue weighted by Gasteiger charge is 2.35. The van der Waals surface area contributed by atoms with Gasteiger partial charge in [0.05, 0.1) is 25.5 Å². The van der Waals surface area contributed by atoms with E-state index in [4.69, 9.17) is 9.47 Å². The van der Waals surface area contributed by atoms with Crippen LogP contribution in [0.25, 0.3) is 0 Å². The van der Waals surface area contributed by atoms with Crippen LogP contribution in [-0.4, -0.2) is 25.1 Å². The minimum atomic E-state index is -0.414. The van der Waals surface area contributed by atoms with E-state index in [-0.39, 0.29) is 5.91 Å². The lowest BCUT2D eigenvalue weighted by Gasteiger charge is -2.38. The van der Waals surface area contributed by atoms with Gasteiger partial charge in [-0.05, 0) is 30.3 Å². The summed E-state index contributed by atoms with van der Waals surface area (Å²) in [5, 5.41) is 3.45. The van der Waals surface area contributed by atoms with Gasteiger partial charge in [-0.3, -0.25) is 14.7 Å². The molecule has 136 valence electrons. The molecule has 0 saturated carbocycles. The number of pyridine rings is 1. The fourth-order valence-corrected chi connectivity index (χ4v) is 3.26. The number of fused-ring (bicyclic) bond motifs is 1. The number of nitrogens with zero attached hydrogens (tertiary/aromatic N) is 2. The summed E-state index contributed by atoms with van der Waals surface area (Å²) in [5.41, 5.74) is 2.92. The van der Waals surface area contributed by atoms with Crippen molar-refractivity contribution in [1.29, 1.82) is 0 Å². The van der Waals surface area contributed by atoms with E-state index in [1.54, 1.807) is 37.6 Å². The zero-order valence-corrected chi connectivity index (χ0v) is 15.0. The lowest BCUT2D eigenvalue weighted by molar-refractivity contribution is 0.0974. The predicted octanol–water partition coefficient (Wildman–Crippen LogP) is 3.87. The van der Waals surface area contributed by atoms with Crippen LogP contribution in [0.5, 0.6) is 11.5 Å². The standard InChI is InChI=1S/C21H19N3O3/c1-26-15-9-10-18(19(12-15)27-2)24-20(14-6-5-11-22-13-14)23-17-8-4-3-7-16(17)21(24)25/h3-13,20,23H,1-2H3/t20-/m0/s1. The Kier molecular flexibility index (Phi) is 4.38. The second kappa shape index (κ2) is 6.99. The second-order valence-electron chi connectivity index (χ2n) is 6.09. The topological polar surface area (TPSA) is 63.7 Å². The summed E-state index contributed by atoms with van der Waals surface area (Å²) >= 11 is 0. The minimum Gasteiger partial charge on any atom is -0.497 e. The van der Waals surface area contributed by atoms with Crippen molar-refractivity contribution in [2.75, 3.05) is 24.4 Å². The maximum atomic E-state index is 13.4. The van der Waals surface area contributed by atoms with E-state index in [1.807, 2.05) is 48.5 Å². The van der Waals surface area contributed by atoms with Crippen LogP contribution in [0.3, 0.4) is 0 Å². The van der Waals surface area contributed by atoms with Gasteiger partial charge in [-0.1, -0.05) is 18.2 Å². The van der Waals surface area contributed by atoms with Crippen LogP contribution in [0.2, 0.25) is 0 Å². The largest absolute Gasteiger partial charge is 0.497 e. The number of rotatable bonds is 4. The number of methoxy groups -OCH3 is 2. The van der Waals surface area contributed by atoms with Gasteiger partial charge in [0.2, 0.25) is 0 Å². The lowest BCUT2D eigenvalue weighted by Crippen LogP contribution is -2.43. The first-order valence-corrected chi connectivity index (χ1v) is 8.54. The Morgan fingerprint density at radius 3 is 2.63 bits per heavy atom. The Morgan fingerprint density at radius 2 is 1.89 bits per heavy atom. The van der Waals surface area contributed by atoms with Gasteiger partial charge in [0, 0.05) is 29.7 Å². The third-order valence-electron chi connectivity index (χ3n) is 4.57. The Balaban J connectivity index is 1.89. The Bertz CT molecular complexity index is 975. The molecule has 0 bridgehead atoms. The van der Waals surface area contributed by atoms with Gasteiger partial charge in [0.1, 0.15) is 17.7 Å². The Labute approximate surface area is 157 Å². The molecule has 6 heteroatoms. The van der Waals surface area contributed by atoms with Gasteiger partial charge in [-0.25, -0.2) is 0 Å². The molecule has 0 aliphatic carbocycles. The molecule has 4 rings (SSSR count). The van der Waals surface area contributed by atoms with Gasteiger partial charge in [-0.15, -0.1) is 0 Å². The van der Waals surface area contributed by atoms with Crippen molar-refractivity contribution < 1.29 is 14.3 Å². The zero-order chi connectivity index (χ0) is 18.8. The summed E-state index contributed by atoms with van der Waals surface area (Å²) in [7, 11) is 3.17. The van der Waals surface area contributed by atoms with Crippen molar-refractivity contribution in [3.8, 4) is 11.5 Å². The van der Waals surface area contributed by atoms with Crippen molar-refractivity contribution in [2.45, 2.75) is 6.17 Å². The molecular formula is C21H19N3O3. The summed E-state index contributed by atoms with van der Waals surface area (Å²) in [4.78, 5) is 19.3. The average molecular weight is 361 g/mol.